The number of hydrogen-bond acceptors (Lipinski definition) is 3. The lowest BCUT2D eigenvalue weighted by Gasteiger charge is -2.10. The highest BCUT2D eigenvalue weighted by Gasteiger charge is 2.11. The first-order valence-electron chi connectivity index (χ1n) is 10.4. The van der Waals surface area contributed by atoms with E-state index in [1.165, 1.54) is 0 Å². The number of hydrogen-bond donors (Lipinski definition) is 0. The molecule has 3 nitrogen and oxygen atoms in total. The van der Waals surface area contributed by atoms with Gasteiger partial charge in [0.2, 0.25) is 0 Å². The maximum Gasteiger partial charge on any atom is 0.160 e. The normalized spacial score (nSPS) is 10.5. The number of aromatic nitrogens is 2. The van der Waals surface area contributed by atoms with Crippen LogP contribution in [0.5, 0.6) is 0 Å². The van der Waals surface area contributed by atoms with Gasteiger partial charge in [-0.15, -0.1) is 0 Å². The minimum absolute atomic E-state index is 0.640. The number of rotatable bonds is 4. The van der Waals surface area contributed by atoms with Crippen LogP contribution in [0.1, 0.15) is 5.56 Å². The second-order valence-corrected chi connectivity index (χ2v) is 7.47. The third-order valence-electron chi connectivity index (χ3n) is 5.31. The molecule has 0 bridgehead atoms. The first-order chi connectivity index (χ1) is 15.8. The summed E-state index contributed by atoms with van der Waals surface area (Å²) in [5, 5.41) is 9.25. The summed E-state index contributed by atoms with van der Waals surface area (Å²) >= 11 is 0. The number of nitrogens with zero attached hydrogens (tertiary/aromatic N) is 3. The van der Waals surface area contributed by atoms with E-state index >= 15 is 0 Å². The first kappa shape index (κ1) is 19.4. The summed E-state index contributed by atoms with van der Waals surface area (Å²) in [5.74, 6) is 0.670. The van der Waals surface area contributed by atoms with Crippen molar-refractivity contribution >= 4 is 0 Å². The van der Waals surface area contributed by atoms with Crippen LogP contribution in [0.3, 0.4) is 0 Å². The number of benzene rings is 4. The third-order valence-corrected chi connectivity index (χ3v) is 5.31. The molecule has 150 valence electrons. The van der Waals surface area contributed by atoms with E-state index in [9.17, 15) is 5.26 Å². The van der Waals surface area contributed by atoms with E-state index in [-0.39, 0.29) is 0 Å². The van der Waals surface area contributed by atoms with E-state index in [1.54, 1.807) is 0 Å². The molecule has 0 atom stereocenters. The Morgan fingerprint density at radius 2 is 0.969 bits per heavy atom. The molecule has 32 heavy (non-hydrogen) atoms. The van der Waals surface area contributed by atoms with Crippen LogP contribution in [-0.2, 0) is 0 Å². The molecule has 1 heterocycles. The first-order valence-corrected chi connectivity index (χ1v) is 10.4. The Morgan fingerprint density at radius 3 is 1.56 bits per heavy atom. The van der Waals surface area contributed by atoms with Crippen LogP contribution in [0.2, 0.25) is 0 Å². The van der Waals surface area contributed by atoms with Crippen molar-refractivity contribution < 1.29 is 0 Å². The van der Waals surface area contributed by atoms with Crippen molar-refractivity contribution in [3.63, 3.8) is 0 Å². The molecule has 0 aliphatic rings. The summed E-state index contributed by atoms with van der Waals surface area (Å²) in [6.07, 6.45) is 0. The molecule has 1 aromatic heterocycles. The van der Waals surface area contributed by atoms with Crippen molar-refractivity contribution in [1.29, 1.82) is 5.26 Å². The Hall–Kier alpha value is -4.55. The van der Waals surface area contributed by atoms with Crippen LogP contribution in [0.25, 0.3) is 45.0 Å². The Labute approximate surface area is 187 Å². The summed E-state index contributed by atoms with van der Waals surface area (Å²) in [5.41, 5.74) is 7.44. The Balaban J connectivity index is 1.65. The van der Waals surface area contributed by atoms with Gasteiger partial charge in [0.25, 0.3) is 0 Å². The van der Waals surface area contributed by atoms with Crippen molar-refractivity contribution in [1.82, 2.24) is 9.97 Å². The molecule has 4 aromatic carbocycles. The van der Waals surface area contributed by atoms with Crippen LogP contribution in [0.15, 0.2) is 115 Å². The maximum atomic E-state index is 9.25. The molecule has 5 rings (SSSR count). The smallest absolute Gasteiger partial charge is 0.160 e. The SMILES string of the molecule is N#Cc1cccc(-c2cccc(-c3nc(-c4ccccc4)cc(-c4ccccc4)n3)c2)c1. The number of nitriles is 1. The van der Waals surface area contributed by atoms with E-state index in [4.69, 9.17) is 9.97 Å². The fraction of sp³-hybridized carbons (Fsp3) is 0. The van der Waals surface area contributed by atoms with Crippen LogP contribution in [0, 0.1) is 11.3 Å². The van der Waals surface area contributed by atoms with Crippen molar-refractivity contribution in [3.8, 4) is 51.1 Å². The minimum Gasteiger partial charge on any atom is -0.228 e. The van der Waals surface area contributed by atoms with Gasteiger partial charge >= 0.3 is 0 Å². The molecule has 0 N–H and O–H groups in total. The van der Waals surface area contributed by atoms with Gasteiger partial charge in [-0.05, 0) is 35.4 Å². The van der Waals surface area contributed by atoms with Crippen molar-refractivity contribution in [3.05, 3.63) is 121 Å². The molecule has 0 amide bonds. The van der Waals surface area contributed by atoms with Crippen LogP contribution < -0.4 is 0 Å². The molecule has 0 aliphatic carbocycles. The standard InChI is InChI=1S/C29H19N3/c30-20-21-9-7-14-24(17-21)25-15-8-16-26(18-25)29-31-27(22-10-3-1-4-11-22)19-28(32-29)23-12-5-2-6-13-23/h1-19H. The van der Waals surface area contributed by atoms with Gasteiger partial charge in [-0.1, -0.05) is 91.0 Å². The van der Waals surface area contributed by atoms with Crippen LogP contribution in [0.4, 0.5) is 0 Å². The average molecular weight is 409 g/mol. The van der Waals surface area contributed by atoms with E-state index in [2.05, 4.69) is 36.4 Å². The van der Waals surface area contributed by atoms with Gasteiger partial charge in [-0.2, -0.15) is 5.26 Å². The molecule has 0 saturated carbocycles. The van der Waals surface area contributed by atoms with Crippen LogP contribution in [-0.4, -0.2) is 9.97 Å². The van der Waals surface area contributed by atoms with Crippen LogP contribution >= 0.6 is 0 Å². The highest BCUT2D eigenvalue weighted by molar-refractivity contribution is 5.75. The highest BCUT2D eigenvalue weighted by atomic mass is 14.9. The summed E-state index contributed by atoms with van der Waals surface area (Å²) in [7, 11) is 0. The Morgan fingerprint density at radius 1 is 0.469 bits per heavy atom. The van der Waals surface area contributed by atoms with Gasteiger partial charge in [-0.25, -0.2) is 9.97 Å². The summed E-state index contributed by atoms with van der Waals surface area (Å²) in [6.45, 7) is 0. The second-order valence-electron chi connectivity index (χ2n) is 7.47. The lowest BCUT2D eigenvalue weighted by Crippen LogP contribution is -1.96. The van der Waals surface area contributed by atoms with Gasteiger partial charge in [0.05, 0.1) is 23.0 Å². The lowest BCUT2D eigenvalue weighted by atomic mass is 10.0. The average Bonchev–Trinajstić information content (AvgIpc) is 2.89. The topological polar surface area (TPSA) is 49.6 Å². The van der Waals surface area contributed by atoms with E-state index in [0.717, 1.165) is 39.2 Å². The van der Waals surface area contributed by atoms with Gasteiger partial charge in [-0.3, -0.25) is 0 Å². The molecular formula is C29H19N3. The summed E-state index contributed by atoms with van der Waals surface area (Å²) in [6, 6.07) is 40.3. The van der Waals surface area contributed by atoms with Crippen molar-refractivity contribution in [2.75, 3.05) is 0 Å². The molecule has 0 unspecified atom stereocenters. The van der Waals surface area contributed by atoms with Gasteiger partial charge < -0.3 is 0 Å². The second kappa shape index (κ2) is 8.67. The molecule has 0 spiro atoms. The quantitative estimate of drug-likeness (QED) is 0.320. The van der Waals surface area contributed by atoms with Gasteiger partial charge in [0.1, 0.15) is 0 Å². The van der Waals surface area contributed by atoms with E-state index in [1.807, 2.05) is 84.9 Å². The largest absolute Gasteiger partial charge is 0.228 e. The summed E-state index contributed by atoms with van der Waals surface area (Å²) in [4.78, 5) is 9.81. The fourth-order valence-electron chi connectivity index (χ4n) is 3.70. The molecule has 0 saturated heterocycles. The third kappa shape index (κ3) is 4.03. The predicted molar refractivity (Wildman–Crippen MR) is 128 cm³/mol. The zero-order valence-corrected chi connectivity index (χ0v) is 17.3. The Kier molecular flexibility index (Phi) is 5.26. The van der Waals surface area contributed by atoms with Crippen molar-refractivity contribution in [2.45, 2.75) is 0 Å². The zero-order chi connectivity index (χ0) is 21.8. The molecule has 3 heteroatoms. The fourth-order valence-corrected chi connectivity index (χ4v) is 3.70. The maximum absolute atomic E-state index is 9.25. The van der Waals surface area contributed by atoms with Gasteiger partial charge in [0.15, 0.2) is 5.82 Å². The Bertz CT molecular complexity index is 1360. The molecule has 0 aliphatic heterocycles. The van der Waals surface area contributed by atoms with Gasteiger partial charge in [0, 0.05) is 16.7 Å². The highest BCUT2D eigenvalue weighted by Crippen LogP contribution is 2.29. The monoisotopic (exact) mass is 409 g/mol. The molecular weight excluding hydrogens is 390 g/mol. The molecule has 5 aromatic rings. The summed E-state index contributed by atoms with van der Waals surface area (Å²) < 4.78 is 0. The zero-order valence-electron chi connectivity index (χ0n) is 17.3. The van der Waals surface area contributed by atoms with E-state index in [0.29, 0.717) is 11.4 Å². The minimum atomic E-state index is 0.640. The lowest BCUT2D eigenvalue weighted by molar-refractivity contribution is 1.18. The molecule has 0 fully saturated rings. The van der Waals surface area contributed by atoms with E-state index < -0.39 is 0 Å². The predicted octanol–water partition coefficient (Wildman–Crippen LogP) is 7.02. The van der Waals surface area contributed by atoms with Crippen molar-refractivity contribution in [2.24, 2.45) is 0 Å². The molecule has 0 radical (unpaired) electrons.